The van der Waals surface area contributed by atoms with Crippen molar-refractivity contribution in [2.75, 3.05) is 6.61 Å². The summed E-state index contributed by atoms with van der Waals surface area (Å²) in [6.45, 7) is 5.05. The number of pyridine rings is 1. The maximum Gasteiger partial charge on any atom is 0.235 e. The summed E-state index contributed by atoms with van der Waals surface area (Å²) in [6.07, 6.45) is 2.55. The van der Waals surface area contributed by atoms with E-state index in [9.17, 15) is 0 Å². The highest BCUT2D eigenvalue weighted by Crippen LogP contribution is 2.38. The predicted molar refractivity (Wildman–Crippen MR) is 67.3 cm³/mol. The number of nitrogens with zero attached hydrogens (tertiary/aromatic N) is 2. The van der Waals surface area contributed by atoms with Gasteiger partial charge < -0.3 is 4.74 Å². The molecule has 1 aromatic heterocycles. The van der Waals surface area contributed by atoms with Gasteiger partial charge in [0.25, 0.3) is 0 Å². The molecule has 0 bridgehead atoms. The maximum atomic E-state index is 5.66. The Morgan fingerprint density at radius 1 is 1.29 bits per heavy atom. The van der Waals surface area contributed by atoms with Gasteiger partial charge in [-0.15, -0.1) is 0 Å². The van der Waals surface area contributed by atoms with Crippen molar-refractivity contribution in [3.05, 3.63) is 29.6 Å². The van der Waals surface area contributed by atoms with Crippen LogP contribution in [-0.4, -0.2) is 23.5 Å². The van der Waals surface area contributed by atoms with E-state index in [0.29, 0.717) is 18.4 Å². The van der Waals surface area contributed by atoms with E-state index >= 15 is 0 Å². The van der Waals surface area contributed by atoms with Gasteiger partial charge in [-0.3, -0.25) is 0 Å². The lowest BCUT2D eigenvalue weighted by atomic mass is 10.1. The van der Waals surface area contributed by atoms with Gasteiger partial charge in [0.05, 0.1) is 6.04 Å². The molecule has 0 radical (unpaired) electrons. The molecular formula is C14H18N2O. The molecule has 0 amide bonds. The van der Waals surface area contributed by atoms with Gasteiger partial charge in [-0.05, 0) is 30.9 Å². The van der Waals surface area contributed by atoms with Crippen LogP contribution in [0.15, 0.2) is 23.2 Å². The molecule has 2 aliphatic rings. The van der Waals surface area contributed by atoms with Crippen LogP contribution in [0.1, 0.15) is 44.0 Å². The Morgan fingerprint density at radius 2 is 2.12 bits per heavy atom. The molecule has 0 spiro atoms. The summed E-state index contributed by atoms with van der Waals surface area (Å²) < 4.78 is 5.66. The number of aromatic nitrogens is 1. The first-order chi connectivity index (χ1) is 8.24. The predicted octanol–water partition coefficient (Wildman–Crippen LogP) is 2.76. The normalized spacial score (nSPS) is 23.7. The molecular weight excluding hydrogens is 212 g/mol. The van der Waals surface area contributed by atoms with Crippen molar-refractivity contribution >= 4 is 5.90 Å². The molecule has 3 nitrogen and oxygen atoms in total. The molecule has 2 heterocycles. The Labute approximate surface area is 102 Å². The lowest BCUT2D eigenvalue weighted by molar-refractivity contribution is 0.291. The first-order valence-electron chi connectivity index (χ1n) is 6.42. The van der Waals surface area contributed by atoms with Crippen molar-refractivity contribution < 1.29 is 4.74 Å². The van der Waals surface area contributed by atoms with Gasteiger partial charge in [-0.2, -0.15) is 0 Å². The van der Waals surface area contributed by atoms with E-state index in [0.717, 1.165) is 11.6 Å². The highest BCUT2D eigenvalue weighted by Gasteiger charge is 2.27. The topological polar surface area (TPSA) is 34.5 Å². The van der Waals surface area contributed by atoms with Crippen LogP contribution in [0.3, 0.4) is 0 Å². The Morgan fingerprint density at radius 3 is 2.76 bits per heavy atom. The largest absolute Gasteiger partial charge is 0.474 e. The van der Waals surface area contributed by atoms with Crippen LogP contribution in [0.5, 0.6) is 0 Å². The number of aliphatic imine (C=N–C) groups is 1. The first-order valence-corrected chi connectivity index (χ1v) is 6.42. The number of ether oxygens (including phenoxy) is 1. The quantitative estimate of drug-likeness (QED) is 0.800. The van der Waals surface area contributed by atoms with Gasteiger partial charge >= 0.3 is 0 Å². The summed E-state index contributed by atoms with van der Waals surface area (Å²) in [5, 5.41) is 0. The molecule has 0 aromatic carbocycles. The average molecular weight is 230 g/mol. The third-order valence-electron chi connectivity index (χ3n) is 3.43. The Bertz CT molecular complexity index is 449. The van der Waals surface area contributed by atoms with E-state index in [4.69, 9.17) is 4.74 Å². The molecule has 3 heteroatoms. The van der Waals surface area contributed by atoms with Crippen molar-refractivity contribution in [3.8, 4) is 0 Å². The molecule has 0 saturated heterocycles. The zero-order chi connectivity index (χ0) is 11.8. The molecule has 17 heavy (non-hydrogen) atoms. The average Bonchev–Trinajstić information content (AvgIpc) is 3.06. The molecule has 1 fully saturated rings. The number of hydrogen-bond acceptors (Lipinski definition) is 3. The fourth-order valence-electron chi connectivity index (χ4n) is 2.05. The maximum absolute atomic E-state index is 5.66. The van der Waals surface area contributed by atoms with Gasteiger partial charge in [0.1, 0.15) is 12.3 Å². The van der Waals surface area contributed by atoms with Gasteiger partial charge in [-0.25, -0.2) is 9.98 Å². The molecule has 3 rings (SSSR count). The highest BCUT2D eigenvalue weighted by molar-refractivity contribution is 5.93. The zero-order valence-electron chi connectivity index (χ0n) is 10.4. The molecule has 1 aromatic rings. The van der Waals surface area contributed by atoms with Crippen LogP contribution < -0.4 is 0 Å². The van der Waals surface area contributed by atoms with E-state index in [2.05, 4.69) is 36.0 Å². The minimum Gasteiger partial charge on any atom is -0.474 e. The van der Waals surface area contributed by atoms with Crippen molar-refractivity contribution in [3.63, 3.8) is 0 Å². The highest BCUT2D eigenvalue weighted by atomic mass is 16.5. The van der Waals surface area contributed by atoms with Crippen molar-refractivity contribution in [1.82, 2.24) is 4.98 Å². The Hall–Kier alpha value is -1.38. The second-order valence-electron chi connectivity index (χ2n) is 5.28. The van der Waals surface area contributed by atoms with E-state index in [-0.39, 0.29) is 6.04 Å². The summed E-state index contributed by atoms with van der Waals surface area (Å²) in [5.41, 5.74) is 2.10. The van der Waals surface area contributed by atoms with Gasteiger partial charge in [0.15, 0.2) is 0 Å². The Kier molecular flexibility index (Phi) is 2.61. The lowest BCUT2D eigenvalue weighted by Crippen LogP contribution is -2.13. The Balaban J connectivity index is 1.84. The summed E-state index contributed by atoms with van der Waals surface area (Å²) in [6, 6.07) is 6.45. The van der Waals surface area contributed by atoms with Crippen molar-refractivity contribution in [2.24, 2.45) is 10.9 Å². The molecule has 1 aliphatic carbocycles. The summed E-state index contributed by atoms with van der Waals surface area (Å²) in [4.78, 5) is 9.27. The molecule has 90 valence electrons. The van der Waals surface area contributed by atoms with Crippen LogP contribution in [0, 0.1) is 5.92 Å². The minimum absolute atomic E-state index is 0.288. The lowest BCUT2D eigenvalue weighted by Gasteiger charge is -2.06. The summed E-state index contributed by atoms with van der Waals surface area (Å²) in [7, 11) is 0. The van der Waals surface area contributed by atoms with E-state index in [1.807, 2.05) is 6.07 Å². The standard InChI is InChI=1S/C14H18N2O/c1-9(2)13-8-17-14(16-13)12-5-3-4-11(15-12)10-6-7-10/h3-5,9-10,13H,6-8H2,1-2H3/t13-/m0/s1. The molecule has 1 saturated carbocycles. The second kappa shape index (κ2) is 4.13. The van der Waals surface area contributed by atoms with Gasteiger partial charge in [0.2, 0.25) is 5.90 Å². The van der Waals surface area contributed by atoms with Crippen LogP contribution in [0.25, 0.3) is 0 Å². The van der Waals surface area contributed by atoms with Crippen LogP contribution >= 0.6 is 0 Å². The van der Waals surface area contributed by atoms with E-state index in [1.165, 1.54) is 18.5 Å². The third-order valence-corrected chi connectivity index (χ3v) is 3.43. The monoisotopic (exact) mass is 230 g/mol. The molecule has 1 aliphatic heterocycles. The first kappa shape index (κ1) is 10.8. The molecule has 0 N–H and O–H groups in total. The van der Waals surface area contributed by atoms with Crippen molar-refractivity contribution in [1.29, 1.82) is 0 Å². The number of rotatable bonds is 3. The second-order valence-corrected chi connectivity index (χ2v) is 5.28. The summed E-state index contributed by atoms with van der Waals surface area (Å²) >= 11 is 0. The molecule has 1 atom stereocenters. The van der Waals surface area contributed by atoms with Crippen LogP contribution in [-0.2, 0) is 4.74 Å². The summed E-state index contributed by atoms with van der Waals surface area (Å²) in [5.74, 6) is 1.93. The van der Waals surface area contributed by atoms with Gasteiger partial charge in [0, 0.05) is 11.6 Å². The fourth-order valence-corrected chi connectivity index (χ4v) is 2.05. The molecule has 0 unspecified atom stereocenters. The zero-order valence-corrected chi connectivity index (χ0v) is 10.4. The van der Waals surface area contributed by atoms with Crippen LogP contribution in [0.4, 0.5) is 0 Å². The van der Waals surface area contributed by atoms with Crippen molar-refractivity contribution in [2.45, 2.75) is 38.6 Å². The fraction of sp³-hybridized carbons (Fsp3) is 0.571. The smallest absolute Gasteiger partial charge is 0.235 e. The van der Waals surface area contributed by atoms with Crippen LogP contribution in [0.2, 0.25) is 0 Å². The third kappa shape index (κ3) is 2.19. The minimum atomic E-state index is 0.288. The van der Waals surface area contributed by atoms with Gasteiger partial charge in [-0.1, -0.05) is 19.9 Å². The van der Waals surface area contributed by atoms with E-state index in [1.54, 1.807) is 0 Å². The number of hydrogen-bond donors (Lipinski definition) is 0. The SMILES string of the molecule is CC(C)[C@@H]1COC(c2cccc(C3CC3)n2)=N1. The van der Waals surface area contributed by atoms with E-state index < -0.39 is 0 Å².